The zero-order valence-electron chi connectivity index (χ0n) is 16.4. The Hall–Kier alpha value is -1.46. The van der Waals surface area contributed by atoms with Gasteiger partial charge in [-0.3, -0.25) is 5.04 Å². The Balaban J connectivity index is 2.12. The number of carbonyl (C=O) groups is 1. The Morgan fingerprint density at radius 1 is 0.757 bits per heavy atom. The summed E-state index contributed by atoms with van der Waals surface area (Å²) in [6.45, 7) is -4.79. The molecule has 4 aliphatic rings. The number of hydrogen-bond donors (Lipinski definition) is 0. The minimum atomic E-state index is -7.67. The third kappa shape index (κ3) is 2.56. The monoisotopic (exact) mass is 605 g/mol. The molecule has 0 radical (unpaired) electrons. The largest absolute Gasteiger partial charge is 0.691 e. The molecule has 23 heteroatoms. The molecule has 4 saturated carbocycles. The van der Waals surface area contributed by atoms with Crippen molar-refractivity contribution in [2.45, 2.75) is 63.6 Å². The zero-order chi connectivity index (χ0) is 29.1. The standard InChI is InChI=1S/C14H6F16O6S/c15-3-5(16)10(21,22)8(20)11(23,24)6(3,17)13(27,28)9(12(5,25)26,14(8,29)30)34-2-1-33-4(31)7(18,19)37-36-35-32/h3,32H,1-2H2/p-1. The van der Waals surface area contributed by atoms with E-state index in [1.165, 1.54) is 0 Å². The van der Waals surface area contributed by atoms with Crippen molar-refractivity contribution in [2.24, 2.45) is 0 Å². The van der Waals surface area contributed by atoms with Crippen LogP contribution in [0.1, 0.15) is 0 Å². The van der Waals surface area contributed by atoms with Gasteiger partial charge < -0.3 is 14.7 Å². The van der Waals surface area contributed by atoms with Gasteiger partial charge in [0, 0.05) is 0 Å². The number of hydrogen-bond acceptors (Lipinski definition) is 7. The van der Waals surface area contributed by atoms with E-state index in [0.29, 0.717) is 0 Å². The Morgan fingerprint density at radius 2 is 1.19 bits per heavy atom. The average molecular weight is 605 g/mol. The van der Waals surface area contributed by atoms with Crippen LogP contribution in [0.2, 0.25) is 0 Å². The second-order valence-electron chi connectivity index (χ2n) is 7.72. The molecule has 216 valence electrons. The van der Waals surface area contributed by atoms with E-state index >= 15 is 0 Å². The van der Waals surface area contributed by atoms with E-state index in [0.717, 1.165) is 0 Å². The molecule has 0 heterocycles. The molecule has 37 heavy (non-hydrogen) atoms. The van der Waals surface area contributed by atoms with Crippen LogP contribution in [0.3, 0.4) is 0 Å². The van der Waals surface area contributed by atoms with E-state index in [4.69, 9.17) is 0 Å². The minimum absolute atomic E-state index is 1.41. The predicted octanol–water partition coefficient (Wildman–Crippen LogP) is 3.43. The fourth-order valence-corrected chi connectivity index (χ4v) is 4.76. The summed E-state index contributed by atoms with van der Waals surface area (Å²) in [6.07, 6.45) is -6.05. The van der Waals surface area contributed by atoms with Crippen LogP contribution in [0.15, 0.2) is 0 Å². The van der Waals surface area contributed by atoms with Crippen molar-refractivity contribution in [3.63, 3.8) is 0 Å². The van der Waals surface area contributed by atoms with Gasteiger partial charge in [-0.25, -0.2) is 22.4 Å². The van der Waals surface area contributed by atoms with Gasteiger partial charge in [0.05, 0.1) is 6.61 Å². The lowest BCUT2D eigenvalue weighted by molar-refractivity contribution is -0.777. The third-order valence-electron chi connectivity index (χ3n) is 6.19. The number of carbonyl (C=O) groups excluding carboxylic acids is 1. The molecule has 0 aromatic carbocycles. The van der Waals surface area contributed by atoms with Gasteiger partial charge in [0.25, 0.3) is 16.9 Å². The molecule has 0 N–H and O–H groups in total. The van der Waals surface area contributed by atoms with Crippen LogP contribution < -0.4 is 5.26 Å². The molecule has 4 aliphatic carbocycles. The highest BCUT2D eigenvalue weighted by Gasteiger charge is 3.19. The van der Waals surface area contributed by atoms with Gasteiger partial charge in [0.15, 0.2) is 6.17 Å². The van der Waals surface area contributed by atoms with Crippen molar-refractivity contribution in [3.05, 3.63) is 0 Å². The lowest BCUT2D eigenvalue weighted by atomic mass is 9.41. The van der Waals surface area contributed by atoms with Gasteiger partial charge in [-0.05, 0) is 0 Å². The Bertz CT molecular complexity index is 936. The van der Waals surface area contributed by atoms with Crippen LogP contribution in [0, 0.1) is 0 Å². The Labute approximate surface area is 195 Å². The smallest absolute Gasteiger partial charge is 0.415 e. The number of halogens is 16. The first-order valence-corrected chi connectivity index (χ1v) is 9.52. The van der Waals surface area contributed by atoms with Crippen LogP contribution in [0.4, 0.5) is 70.2 Å². The molecule has 6 nitrogen and oxygen atoms in total. The SMILES string of the molecule is O=C(OCCOC12C(F)(F)C3(F)C(F)C(F)(C(F)(F)C(F)(C3(F)F)C1(F)F)C2(F)F)C(F)(F)SOO[O-]. The predicted molar refractivity (Wildman–Crippen MR) is 75.5 cm³/mol. The molecule has 0 spiro atoms. The van der Waals surface area contributed by atoms with E-state index in [1.54, 1.807) is 0 Å². The fraction of sp³-hybridized carbons (Fsp3) is 0.929. The van der Waals surface area contributed by atoms with Crippen molar-refractivity contribution in [2.75, 3.05) is 13.2 Å². The highest BCUT2D eigenvalue weighted by Crippen LogP contribution is 2.86. The first kappa shape index (κ1) is 30.1. The van der Waals surface area contributed by atoms with Crippen molar-refractivity contribution in [3.8, 4) is 0 Å². The molecule has 2 unspecified atom stereocenters. The molecular weight excluding hydrogens is 600 g/mol. The first-order valence-electron chi connectivity index (χ1n) is 8.77. The molecule has 0 saturated heterocycles. The van der Waals surface area contributed by atoms with Crippen LogP contribution in [0.25, 0.3) is 0 Å². The topological polar surface area (TPSA) is 77.1 Å². The Morgan fingerprint density at radius 3 is 1.59 bits per heavy atom. The summed E-state index contributed by atoms with van der Waals surface area (Å²) in [5.41, 5.74) is -29.0. The van der Waals surface area contributed by atoms with Crippen LogP contribution >= 0.6 is 12.0 Å². The summed E-state index contributed by atoms with van der Waals surface area (Å²) in [7, 11) is 0. The lowest BCUT2D eigenvalue weighted by Crippen LogP contribution is -3.08. The molecule has 4 fully saturated rings. The van der Waals surface area contributed by atoms with Gasteiger partial charge in [0.2, 0.25) is 0 Å². The van der Waals surface area contributed by atoms with Gasteiger partial charge in [0.1, 0.15) is 18.6 Å². The van der Waals surface area contributed by atoms with E-state index in [-0.39, 0.29) is 0 Å². The number of alkyl halides is 16. The minimum Gasteiger partial charge on any atom is -0.691 e. The maximum absolute atomic E-state index is 14.8. The molecular formula is C14H5F16O6S-. The summed E-state index contributed by atoms with van der Waals surface area (Å²) in [4.78, 5) is 11.1. The Kier molecular flexibility index (Phi) is 6.17. The maximum atomic E-state index is 14.8. The summed E-state index contributed by atoms with van der Waals surface area (Å²) in [5.74, 6) is -40.7. The summed E-state index contributed by atoms with van der Waals surface area (Å²) < 4.78 is 240. The second kappa shape index (κ2) is 7.59. The van der Waals surface area contributed by atoms with Crippen molar-refractivity contribution in [1.82, 2.24) is 0 Å². The van der Waals surface area contributed by atoms with Crippen molar-refractivity contribution < 1.29 is 99.1 Å². The molecule has 0 aromatic rings. The fourth-order valence-electron chi connectivity index (χ4n) is 4.52. The average Bonchev–Trinajstić information content (AvgIpc) is 2.76. The van der Waals surface area contributed by atoms with Crippen LogP contribution in [-0.4, -0.2) is 82.8 Å². The second-order valence-corrected chi connectivity index (χ2v) is 8.53. The maximum Gasteiger partial charge on any atom is 0.415 e. The van der Waals surface area contributed by atoms with E-state index in [1.807, 2.05) is 0 Å². The number of rotatable bonds is 8. The number of esters is 1. The first-order chi connectivity index (χ1) is 16.3. The van der Waals surface area contributed by atoms with E-state index in [9.17, 15) is 80.3 Å². The molecule has 2 atom stereocenters. The summed E-state index contributed by atoms with van der Waals surface area (Å²) >= 11 is -1.41. The zero-order valence-corrected chi connectivity index (χ0v) is 17.2. The quantitative estimate of drug-likeness (QED) is 0.105. The normalized spacial score (nSPS) is 42.0. The van der Waals surface area contributed by atoms with E-state index in [2.05, 4.69) is 18.8 Å². The van der Waals surface area contributed by atoms with Gasteiger partial charge in [-0.2, -0.15) is 57.0 Å². The molecule has 4 bridgehead atoms. The van der Waals surface area contributed by atoms with E-state index < -0.39 is 94.9 Å². The van der Waals surface area contributed by atoms with Gasteiger partial charge in [-0.1, -0.05) is 0 Å². The summed E-state index contributed by atoms with van der Waals surface area (Å²) in [5, 5.41) is 6.92. The van der Waals surface area contributed by atoms with Crippen molar-refractivity contribution >= 4 is 18.0 Å². The van der Waals surface area contributed by atoms with Gasteiger partial charge in [-0.15, -0.1) is 0 Å². The summed E-state index contributed by atoms with van der Waals surface area (Å²) in [6, 6.07) is 0. The van der Waals surface area contributed by atoms with Crippen LogP contribution in [0.5, 0.6) is 0 Å². The molecule has 4 rings (SSSR count). The van der Waals surface area contributed by atoms with Crippen molar-refractivity contribution in [1.29, 1.82) is 0 Å². The molecule has 0 aromatic heterocycles. The molecule has 0 amide bonds. The number of ether oxygens (including phenoxy) is 2. The third-order valence-corrected chi connectivity index (χ3v) is 6.69. The van der Waals surface area contributed by atoms with Crippen LogP contribution in [-0.2, 0) is 23.6 Å². The molecule has 0 aliphatic heterocycles. The lowest BCUT2D eigenvalue weighted by Gasteiger charge is -2.73. The highest BCUT2D eigenvalue weighted by molar-refractivity contribution is 7.96. The highest BCUT2D eigenvalue weighted by atomic mass is 32.2. The van der Waals surface area contributed by atoms with Gasteiger partial charge >= 0.3 is 46.5 Å².